The van der Waals surface area contributed by atoms with Gasteiger partial charge in [0.05, 0.1) is 17.6 Å². The number of halogens is 2. The third-order valence-corrected chi connectivity index (χ3v) is 4.47. The predicted molar refractivity (Wildman–Crippen MR) is 99.2 cm³/mol. The van der Waals surface area contributed by atoms with Crippen LogP contribution in [0.15, 0.2) is 48.5 Å². The summed E-state index contributed by atoms with van der Waals surface area (Å²) in [5.41, 5.74) is 1.71. The van der Waals surface area contributed by atoms with Gasteiger partial charge >= 0.3 is 0 Å². The Morgan fingerprint density at radius 1 is 1.20 bits per heavy atom. The van der Waals surface area contributed by atoms with E-state index in [0.717, 1.165) is 17.7 Å². The Labute approximate surface area is 153 Å². The van der Waals surface area contributed by atoms with Crippen LogP contribution in [0.4, 0.5) is 4.39 Å². The second-order valence-corrected chi connectivity index (χ2v) is 6.91. The topological polar surface area (TPSA) is 33.5 Å². The van der Waals surface area contributed by atoms with Gasteiger partial charge in [0.1, 0.15) is 12.4 Å². The Kier molecular flexibility index (Phi) is 7.41. The SMILES string of the molecule is C[C@@H](CCc1ccccc1)NC(=O)C[NH+](C)Cc1c(F)cccc1Cl. The molecule has 0 aromatic heterocycles. The number of benzene rings is 2. The summed E-state index contributed by atoms with van der Waals surface area (Å²) in [6.07, 6.45) is 1.81. The lowest BCUT2D eigenvalue weighted by molar-refractivity contribution is -0.885. The molecule has 3 nitrogen and oxygen atoms in total. The molecule has 0 heterocycles. The van der Waals surface area contributed by atoms with Crippen LogP contribution in [0.3, 0.4) is 0 Å². The number of amides is 1. The molecule has 0 aliphatic rings. The fraction of sp³-hybridized carbons (Fsp3) is 0.350. The summed E-state index contributed by atoms with van der Waals surface area (Å²) in [7, 11) is 1.86. The lowest BCUT2D eigenvalue weighted by atomic mass is 10.1. The molecule has 0 aliphatic heterocycles. The molecule has 0 radical (unpaired) electrons. The lowest BCUT2D eigenvalue weighted by Gasteiger charge is -2.18. The van der Waals surface area contributed by atoms with Gasteiger partial charge in [0.15, 0.2) is 6.54 Å². The molecule has 1 unspecified atom stereocenters. The fourth-order valence-corrected chi connectivity index (χ4v) is 3.00. The van der Waals surface area contributed by atoms with Crippen LogP contribution in [-0.4, -0.2) is 25.5 Å². The third-order valence-electron chi connectivity index (χ3n) is 4.12. The van der Waals surface area contributed by atoms with Crippen molar-refractivity contribution in [2.45, 2.75) is 32.4 Å². The Bertz CT molecular complexity index is 673. The fourth-order valence-electron chi connectivity index (χ4n) is 2.77. The number of nitrogens with one attached hydrogen (secondary N) is 2. The van der Waals surface area contributed by atoms with Crippen LogP contribution >= 0.6 is 11.6 Å². The van der Waals surface area contributed by atoms with Gasteiger partial charge in [0, 0.05) is 6.04 Å². The molecule has 25 heavy (non-hydrogen) atoms. The van der Waals surface area contributed by atoms with Crippen molar-refractivity contribution < 1.29 is 14.1 Å². The average Bonchev–Trinajstić information content (AvgIpc) is 2.57. The number of carbonyl (C=O) groups excluding carboxylic acids is 1. The highest BCUT2D eigenvalue weighted by atomic mass is 35.5. The number of aryl methyl sites for hydroxylation is 1. The second kappa shape index (κ2) is 9.54. The van der Waals surface area contributed by atoms with Gasteiger partial charge in [-0.3, -0.25) is 4.79 Å². The summed E-state index contributed by atoms with van der Waals surface area (Å²) in [5.74, 6) is -0.367. The maximum Gasteiger partial charge on any atom is 0.275 e. The zero-order valence-corrected chi connectivity index (χ0v) is 15.4. The molecular weight excluding hydrogens is 339 g/mol. The molecule has 0 saturated heterocycles. The van der Waals surface area contributed by atoms with E-state index in [0.29, 0.717) is 17.1 Å². The van der Waals surface area contributed by atoms with Gasteiger partial charge in [-0.25, -0.2) is 4.39 Å². The highest BCUT2D eigenvalue weighted by molar-refractivity contribution is 6.31. The van der Waals surface area contributed by atoms with Crippen LogP contribution in [0.1, 0.15) is 24.5 Å². The van der Waals surface area contributed by atoms with Gasteiger partial charge in [0.2, 0.25) is 0 Å². The molecule has 0 saturated carbocycles. The molecular formula is C20H25ClFN2O+. The first-order chi connectivity index (χ1) is 12.0. The molecule has 134 valence electrons. The highest BCUT2D eigenvalue weighted by Crippen LogP contribution is 2.17. The van der Waals surface area contributed by atoms with Crippen LogP contribution in [-0.2, 0) is 17.8 Å². The van der Waals surface area contributed by atoms with Crippen LogP contribution < -0.4 is 10.2 Å². The minimum absolute atomic E-state index is 0.0366. The van der Waals surface area contributed by atoms with Crippen molar-refractivity contribution in [3.05, 3.63) is 70.5 Å². The zero-order chi connectivity index (χ0) is 18.2. The number of hydrogen-bond acceptors (Lipinski definition) is 1. The molecule has 1 amide bonds. The van der Waals surface area contributed by atoms with E-state index >= 15 is 0 Å². The van der Waals surface area contributed by atoms with Crippen molar-refractivity contribution in [1.82, 2.24) is 5.32 Å². The van der Waals surface area contributed by atoms with Gasteiger partial charge < -0.3 is 10.2 Å². The molecule has 5 heteroatoms. The molecule has 0 aliphatic carbocycles. The first-order valence-electron chi connectivity index (χ1n) is 8.53. The van der Waals surface area contributed by atoms with Gasteiger partial charge in [-0.15, -0.1) is 0 Å². The third kappa shape index (κ3) is 6.48. The first-order valence-corrected chi connectivity index (χ1v) is 8.91. The van der Waals surface area contributed by atoms with E-state index in [1.807, 2.05) is 32.2 Å². The monoisotopic (exact) mass is 363 g/mol. The molecule has 2 atom stereocenters. The molecule has 2 aromatic carbocycles. The summed E-state index contributed by atoms with van der Waals surface area (Å²) < 4.78 is 13.8. The molecule has 2 aromatic rings. The lowest BCUT2D eigenvalue weighted by Crippen LogP contribution is -3.09. The molecule has 2 N–H and O–H groups in total. The highest BCUT2D eigenvalue weighted by Gasteiger charge is 2.16. The minimum Gasteiger partial charge on any atom is -0.349 e. The van der Waals surface area contributed by atoms with E-state index in [-0.39, 0.29) is 24.3 Å². The Hall–Kier alpha value is -1.91. The van der Waals surface area contributed by atoms with Gasteiger partial charge in [0.25, 0.3) is 5.91 Å². The molecule has 2 rings (SSSR count). The number of likely N-dealkylation sites (N-methyl/N-ethyl adjacent to an activating group) is 1. The minimum atomic E-state index is -0.330. The predicted octanol–water partition coefficient (Wildman–Crippen LogP) is 2.63. The maximum atomic E-state index is 13.8. The standard InChI is InChI=1S/C20H24ClFN2O/c1-15(11-12-16-7-4-3-5-8-16)23-20(25)14-24(2)13-17-18(21)9-6-10-19(17)22/h3-10,15H,11-14H2,1-2H3,(H,23,25)/p+1/t15-/m0/s1. The Morgan fingerprint density at radius 3 is 2.60 bits per heavy atom. The molecule has 0 fully saturated rings. The van der Waals surface area contributed by atoms with E-state index in [2.05, 4.69) is 17.4 Å². The van der Waals surface area contributed by atoms with E-state index in [4.69, 9.17) is 11.6 Å². The van der Waals surface area contributed by atoms with Crippen LogP contribution in [0.25, 0.3) is 0 Å². The number of quaternary nitrogens is 1. The van der Waals surface area contributed by atoms with Crippen molar-refractivity contribution in [2.24, 2.45) is 0 Å². The van der Waals surface area contributed by atoms with Gasteiger partial charge in [-0.05, 0) is 37.5 Å². The summed E-state index contributed by atoms with van der Waals surface area (Å²) in [4.78, 5) is 13.1. The summed E-state index contributed by atoms with van der Waals surface area (Å²) in [6, 6.07) is 14.9. The summed E-state index contributed by atoms with van der Waals surface area (Å²) >= 11 is 6.04. The first kappa shape index (κ1) is 19.4. The van der Waals surface area contributed by atoms with Crippen molar-refractivity contribution >= 4 is 17.5 Å². The normalized spacial score (nSPS) is 13.3. The Balaban J connectivity index is 1.77. The van der Waals surface area contributed by atoms with Crippen LogP contribution in [0.5, 0.6) is 0 Å². The summed E-state index contributed by atoms with van der Waals surface area (Å²) in [6.45, 7) is 2.65. The van der Waals surface area contributed by atoms with Crippen molar-refractivity contribution in [3.8, 4) is 0 Å². The van der Waals surface area contributed by atoms with E-state index < -0.39 is 0 Å². The zero-order valence-electron chi connectivity index (χ0n) is 14.7. The van der Waals surface area contributed by atoms with E-state index in [9.17, 15) is 9.18 Å². The Morgan fingerprint density at radius 2 is 1.92 bits per heavy atom. The number of hydrogen-bond donors (Lipinski definition) is 2. The quantitative estimate of drug-likeness (QED) is 0.742. The number of rotatable bonds is 8. The average molecular weight is 364 g/mol. The summed E-state index contributed by atoms with van der Waals surface area (Å²) in [5, 5.41) is 3.41. The van der Waals surface area contributed by atoms with Crippen molar-refractivity contribution in [2.75, 3.05) is 13.6 Å². The van der Waals surface area contributed by atoms with E-state index in [1.165, 1.54) is 11.6 Å². The van der Waals surface area contributed by atoms with Crippen molar-refractivity contribution in [1.29, 1.82) is 0 Å². The number of carbonyl (C=O) groups is 1. The largest absolute Gasteiger partial charge is 0.349 e. The van der Waals surface area contributed by atoms with E-state index in [1.54, 1.807) is 12.1 Å². The molecule has 0 spiro atoms. The van der Waals surface area contributed by atoms with Gasteiger partial charge in [-0.2, -0.15) is 0 Å². The second-order valence-electron chi connectivity index (χ2n) is 6.50. The van der Waals surface area contributed by atoms with Crippen LogP contribution in [0.2, 0.25) is 5.02 Å². The van der Waals surface area contributed by atoms with Gasteiger partial charge in [-0.1, -0.05) is 48.0 Å². The maximum absolute atomic E-state index is 13.8. The van der Waals surface area contributed by atoms with Crippen LogP contribution in [0, 0.1) is 5.82 Å². The van der Waals surface area contributed by atoms with Crippen molar-refractivity contribution in [3.63, 3.8) is 0 Å². The molecule has 0 bridgehead atoms. The smallest absolute Gasteiger partial charge is 0.275 e.